The summed E-state index contributed by atoms with van der Waals surface area (Å²) in [6.07, 6.45) is 3.61. The van der Waals surface area contributed by atoms with Crippen LogP contribution in [0.4, 0.5) is 5.69 Å². The number of amides is 2. The van der Waals surface area contributed by atoms with E-state index in [1.54, 1.807) is 13.0 Å². The molecule has 0 atom stereocenters. The van der Waals surface area contributed by atoms with Gasteiger partial charge >= 0.3 is 0 Å². The molecule has 1 saturated carbocycles. The maximum atomic E-state index is 13.5. The molecule has 5 rings (SSSR count). The topological polar surface area (TPSA) is 69.9 Å². The Morgan fingerprint density at radius 3 is 2.43 bits per heavy atom. The summed E-state index contributed by atoms with van der Waals surface area (Å²) in [5, 5.41) is 4.70. The van der Waals surface area contributed by atoms with Crippen LogP contribution >= 0.6 is 11.6 Å². The van der Waals surface area contributed by atoms with E-state index in [1.807, 2.05) is 46.2 Å². The Hall–Kier alpha value is -3.16. The van der Waals surface area contributed by atoms with Crippen LogP contribution in [0.25, 0.3) is 0 Å². The summed E-state index contributed by atoms with van der Waals surface area (Å²) >= 11 is 6.09. The Bertz CT molecular complexity index is 1240. The minimum absolute atomic E-state index is 0.113. The third kappa shape index (κ3) is 6.40. The number of rotatable bonds is 4. The Morgan fingerprint density at radius 2 is 1.73 bits per heavy atom. The van der Waals surface area contributed by atoms with Crippen molar-refractivity contribution in [3.05, 3.63) is 82.2 Å². The molecule has 0 radical (unpaired) electrons. The molecule has 2 aliphatic rings. The molecule has 0 bridgehead atoms. The van der Waals surface area contributed by atoms with Gasteiger partial charge < -0.3 is 14.3 Å². The van der Waals surface area contributed by atoms with Crippen LogP contribution < -0.4 is 4.90 Å². The molecule has 3 aromatic rings. The first-order valence-electron chi connectivity index (χ1n) is 13.1. The van der Waals surface area contributed by atoms with E-state index >= 15 is 0 Å². The van der Waals surface area contributed by atoms with Crippen LogP contribution in [-0.2, 0) is 17.9 Å². The first-order valence-corrected chi connectivity index (χ1v) is 13.4. The molecule has 0 unspecified atom stereocenters. The lowest BCUT2D eigenvalue weighted by Crippen LogP contribution is -2.39. The quantitative estimate of drug-likeness (QED) is 0.466. The Labute approximate surface area is 223 Å². The highest BCUT2D eigenvalue weighted by Crippen LogP contribution is 2.34. The van der Waals surface area contributed by atoms with E-state index < -0.39 is 0 Å². The summed E-state index contributed by atoms with van der Waals surface area (Å²) in [5.41, 5.74) is 3.38. The average Bonchev–Trinajstić information content (AvgIpc) is 3.66. The molecule has 1 aromatic heterocycles. The van der Waals surface area contributed by atoms with Gasteiger partial charge in [0, 0.05) is 62.0 Å². The third-order valence-electron chi connectivity index (χ3n) is 7.05. The average molecular weight is 521 g/mol. The highest BCUT2D eigenvalue weighted by molar-refractivity contribution is 6.30. The lowest BCUT2D eigenvalue weighted by atomic mass is 10.1. The molecular weight excluding hydrogens is 488 g/mol. The number of aromatic nitrogens is 1. The molecule has 1 aliphatic carbocycles. The van der Waals surface area contributed by atoms with Crippen LogP contribution in [0.2, 0.25) is 5.02 Å². The van der Waals surface area contributed by atoms with Gasteiger partial charge in [-0.3, -0.25) is 14.5 Å². The van der Waals surface area contributed by atoms with Gasteiger partial charge in [0.2, 0.25) is 5.91 Å². The van der Waals surface area contributed by atoms with E-state index in [2.05, 4.69) is 22.2 Å². The predicted octanol–water partition coefficient (Wildman–Crippen LogP) is 5.32. The van der Waals surface area contributed by atoms with Gasteiger partial charge in [0.05, 0.1) is 0 Å². The molecule has 2 amide bonds. The van der Waals surface area contributed by atoms with Crippen molar-refractivity contribution in [2.75, 3.05) is 31.1 Å². The zero-order valence-corrected chi connectivity index (χ0v) is 22.0. The monoisotopic (exact) mass is 520 g/mol. The molecule has 0 spiro atoms. The van der Waals surface area contributed by atoms with Gasteiger partial charge in [-0.15, -0.1) is 0 Å². The molecule has 1 aliphatic heterocycles. The fourth-order valence-electron chi connectivity index (χ4n) is 4.95. The van der Waals surface area contributed by atoms with Crippen molar-refractivity contribution >= 4 is 29.1 Å². The Kier molecular flexibility index (Phi) is 7.91. The second-order valence-electron chi connectivity index (χ2n) is 10.1. The van der Waals surface area contributed by atoms with Gasteiger partial charge in [0.1, 0.15) is 5.76 Å². The smallest absolute Gasteiger partial charge is 0.276 e. The van der Waals surface area contributed by atoms with Crippen LogP contribution in [0.15, 0.2) is 59.1 Å². The maximum absolute atomic E-state index is 13.5. The number of para-hydroxylation sites is 1. The van der Waals surface area contributed by atoms with Crippen molar-refractivity contribution in [3.8, 4) is 0 Å². The standard InChI is InChI=1S/C29H33ClN4O3/c1-21-18-26(31-37-21)29(36)33-16-4-14-32(19-22-8-12-25(30)13-9-22)15-5-17-34(28(35)23-10-11-23)27-7-3-2-6-24(27)20-33/h2-3,6-9,12-13,18,23H,4-5,10-11,14-17,19-20H2,1H3. The first kappa shape index (κ1) is 25.5. The van der Waals surface area contributed by atoms with E-state index in [0.29, 0.717) is 31.1 Å². The van der Waals surface area contributed by atoms with Gasteiger partial charge in [-0.05, 0) is 61.9 Å². The maximum Gasteiger partial charge on any atom is 0.276 e. The van der Waals surface area contributed by atoms with Crippen molar-refractivity contribution in [1.29, 1.82) is 0 Å². The lowest BCUT2D eigenvalue weighted by Gasteiger charge is -2.31. The molecule has 37 heavy (non-hydrogen) atoms. The summed E-state index contributed by atoms with van der Waals surface area (Å²) in [7, 11) is 0. The van der Waals surface area contributed by atoms with Gasteiger partial charge in [-0.2, -0.15) is 0 Å². The summed E-state index contributed by atoms with van der Waals surface area (Å²) in [6, 6.07) is 17.6. The molecule has 8 heteroatoms. The van der Waals surface area contributed by atoms with Crippen molar-refractivity contribution in [3.63, 3.8) is 0 Å². The van der Waals surface area contributed by atoms with Gasteiger partial charge in [-0.1, -0.05) is 47.1 Å². The zero-order valence-electron chi connectivity index (χ0n) is 21.2. The second-order valence-corrected chi connectivity index (χ2v) is 10.5. The van der Waals surface area contributed by atoms with E-state index in [0.717, 1.165) is 61.6 Å². The number of anilines is 1. The van der Waals surface area contributed by atoms with Crippen LogP contribution in [-0.4, -0.2) is 52.9 Å². The van der Waals surface area contributed by atoms with Crippen molar-refractivity contribution in [1.82, 2.24) is 15.0 Å². The Morgan fingerprint density at radius 1 is 1.00 bits per heavy atom. The summed E-state index contributed by atoms with van der Waals surface area (Å²) < 4.78 is 5.19. The molecule has 1 fully saturated rings. The number of hydrogen-bond donors (Lipinski definition) is 0. The van der Waals surface area contributed by atoms with Gasteiger partial charge in [0.25, 0.3) is 5.91 Å². The lowest BCUT2D eigenvalue weighted by molar-refractivity contribution is -0.119. The zero-order chi connectivity index (χ0) is 25.8. The van der Waals surface area contributed by atoms with Crippen molar-refractivity contribution in [2.24, 2.45) is 5.92 Å². The molecule has 0 N–H and O–H groups in total. The number of aryl methyl sites for hydroxylation is 1. The number of carbonyl (C=O) groups is 2. The van der Waals surface area contributed by atoms with Crippen molar-refractivity contribution in [2.45, 2.75) is 45.7 Å². The minimum atomic E-state index is -0.159. The highest BCUT2D eigenvalue weighted by atomic mass is 35.5. The van der Waals surface area contributed by atoms with Crippen molar-refractivity contribution < 1.29 is 14.1 Å². The molecule has 0 saturated heterocycles. The highest BCUT2D eigenvalue weighted by Gasteiger charge is 2.35. The summed E-state index contributed by atoms with van der Waals surface area (Å²) in [6.45, 7) is 5.91. The number of benzene rings is 2. The summed E-state index contributed by atoms with van der Waals surface area (Å²) in [5.74, 6) is 0.752. The van der Waals surface area contributed by atoms with E-state index in [9.17, 15) is 9.59 Å². The van der Waals surface area contributed by atoms with Crippen LogP contribution in [0.3, 0.4) is 0 Å². The minimum Gasteiger partial charge on any atom is -0.361 e. The number of hydrogen-bond acceptors (Lipinski definition) is 5. The van der Waals surface area contributed by atoms with E-state index in [1.165, 1.54) is 5.56 Å². The second kappa shape index (κ2) is 11.5. The SMILES string of the molecule is Cc1cc(C(=O)N2CCCN(Cc3ccc(Cl)cc3)CCCN(C(=O)C3CC3)c3ccccc3C2)no1. The van der Waals surface area contributed by atoms with E-state index in [4.69, 9.17) is 16.1 Å². The summed E-state index contributed by atoms with van der Waals surface area (Å²) in [4.78, 5) is 33.0. The van der Waals surface area contributed by atoms with Gasteiger partial charge in [0.15, 0.2) is 5.69 Å². The molecular formula is C29H33ClN4O3. The molecule has 7 nitrogen and oxygen atoms in total. The fourth-order valence-corrected chi connectivity index (χ4v) is 5.08. The van der Waals surface area contributed by atoms with Crippen LogP contribution in [0.1, 0.15) is 53.1 Å². The third-order valence-corrected chi connectivity index (χ3v) is 7.30. The number of nitrogens with zero attached hydrogens (tertiary/aromatic N) is 4. The number of halogens is 1. The number of fused-ring (bicyclic) bond motifs is 1. The van der Waals surface area contributed by atoms with E-state index in [-0.39, 0.29) is 17.7 Å². The molecule has 2 heterocycles. The van der Waals surface area contributed by atoms with Gasteiger partial charge in [-0.25, -0.2) is 0 Å². The fraction of sp³-hybridized carbons (Fsp3) is 0.414. The van der Waals surface area contributed by atoms with Crippen LogP contribution in [0, 0.1) is 12.8 Å². The number of carbonyl (C=O) groups excluding carboxylic acids is 2. The largest absolute Gasteiger partial charge is 0.361 e. The molecule has 194 valence electrons. The Balaban J connectivity index is 1.43. The molecule has 2 aromatic carbocycles. The predicted molar refractivity (Wildman–Crippen MR) is 143 cm³/mol. The normalized spacial score (nSPS) is 17.6. The first-order chi connectivity index (χ1) is 18.0. The van der Waals surface area contributed by atoms with Crippen LogP contribution in [0.5, 0.6) is 0 Å².